The zero-order valence-electron chi connectivity index (χ0n) is 18.4. The monoisotopic (exact) mass is 444 g/mol. The van der Waals surface area contributed by atoms with Crippen LogP contribution in [0.25, 0.3) is 0 Å². The fourth-order valence-corrected chi connectivity index (χ4v) is 4.04. The smallest absolute Gasteiger partial charge is 0.263 e. The molecule has 0 bridgehead atoms. The predicted octanol–water partition coefficient (Wildman–Crippen LogP) is 2.73. The number of nitrogens with one attached hydrogen (secondary N) is 2. The number of anilines is 1. The first-order chi connectivity index (χ1) is 16.1. The van der Waals surface area contributed by atoms with Crippen molar-refractivity contribution in [3.05, 3.63) is 100 Å². The van der Waals surface area contributed by atoms with Crippen LogP contribution in [-0.2, 0) is 11.3 Å². The molecule has 0 unspecified atom stereocenters. The Balaban J connectivity index is 1.28. The molecule has 2 heterocycles. The number of rotatable bonds is 7. The molecule has 2 N–H and O–H groups in total. The number of piperidine rings is 1. The minimum Gasteiger partial charge on any atom is -0.349 e. The molecule has 170 valence electrons. The Hall–Kier alpha value is -3.71. The number of nitrogens with zero attached hydrogens (tertiary/aromatic N) is 2. The summed E-state index contributed by atoms with van der Waals surface area (Å²) in [6, 6.07) is 22.3. The van der Waals surface area contributed by atoms with Gasteiger partial charge >= 0.3 is 0 Å². The third-order valence-corrected chi connectivity index (χ3v) is 5.81. The lowest BCUT2D eigenvalue weighted by molar-refractivity contribution is -0.117. The molecule has 2 amide bonds. The van der Waals surface area contributed by atoms with Crippen LogP contribution in [0.15, 0.2) is 83.8 Å². The highest BCUT2D eigenvalue weighted by Gasteiger charge is 2.23. The van der Waals surface area contributed by atoms with Crippen LogP contribution in [0, 0.1) is 0 Å². The van der Waals surface area contributed by atoms with E-state index in [-0.39, 0.29) is 29.0 Å². The van der Waals surface area contributed by atoms with Crippen LogP contribution < -0.4 is 16.2 Å². The van der Waals surface area contributed by atoms with Gasteiger partial charge in [-0.2, -0.15) is 0 Å². The van der Waals surface area contributed by atoms with Gasteiger partial charge in [0.15, 0.2) is 0 Å². The quantitative estimate of drug-likeness (QED) is 0.587. The van der Waals surface area contributed by atoms with Crippen molar-refractivity contribution in [2.24, 2.45) is 0 Å². The van der Waals surface area contributed by atoms with Gasteiger partial charge in [0.2, 0.25) is 5.91 Å². The summed E-state index contributed by atoms with van der Waals surface area (Å²) in [6.07, 6.45) is 3.16. The summed E-state index contributed by atoms with van der Waals surface area (Å²) < 4.78 is 1.55. The zero-order valence-corrected chi connectivity index (χ0v) is 18.4. The number of benzene rings is 2. The average Bonchev–Trinajstić information content (AvgIpc) is 2.83. The van der Waals surface area contributed by atoms with Crippen LogP contribution in [0.5, 0.6) is 0 Å². The van der Waals surface area contributed by atoms with Gasteiger partial charge in [0.05, 0.1) is 13.1 Å². The Bertz CT molecular complexity index is 1140. The highest BCUT2D eigenvalue weighted by atomic mass is 16.2. The number of carbonyl (C=O) groups excluding carboxylic acids is 2. The molecule has 0 atom stereocenters. The fraction of sp³-hybridized carbons (Fsp3) is 0.269. The van der Waals surface area contributed by atoms with Gasteiger partial charge in [0.25, 0.3) is 11.5 Å². The number of hydrogen-bond donors (Lipinski definition) is 2. The second-order valence-corrected chi connectivity index (χ2v) is 8.28. The molecule has 1 aliphatic heterocycles. The Morgan fingerprint density at radius 2 is 1.55 bits per heavy atom. The van der Waals surface area contributed by atoms with Gasteiger partial charge < -0.3 is 15.2 Å². The van der Waals surface area contributed by atoms with E-state index in [9.17, 15) is 14.4 Å². The molecule has 0 spiro atoms. The molecular formula is C26H28N4O3. The van der Waals surface area contributed by atoms with Gasteiger partial charge in [-0.15, -0.1) is 0 Å². The van der Waals surface area contributed by atoms with Crippen LogP contribution in [0.4, 0.5) is 5.69 Å². The lowest BCUT2D eigenvalue weighted by atomic mass is 10.0. The van der Waals surface area contributed by atoms with E-state index in [0.29, 0.717) is 26.2 Å². The normalized spacial score (nSPS) is 14.5. The minimum absolute atomic E-state index is 0.0203. The highest BCUT2D eigenvalue weighted by molar-refractivity contribution is 5.94. The lowest BCUT2D eigenvalue weighted by Gasteiger charge is -2.31. The molecule has 1 fully saturated rings. The summed E-state index contributed by atoms with van der Waals surface area (Å²) >= 11 is 0. The third kappa shape index (κ3) is 6.17. The number of amides is 2. The molecule has 3 aromatic rings. The second-order valence-electron chi connectivity index (χ2n) is 8.28. The summed E-state index contributed by atoms with van der Waals surface area (Å²) in [5.74, 6) is -0.394. The summed E-state index contributed by atoms with van der Waals surface area (Å²) in [6.45, 7) is 2.16. The first kappa shape index (κ1) is 22.5. The number of para-hydroxylation sites is 1. The maximum atomic E-state index is 12.8. The summed E-state index contributed by atoms with van der Waals surface area (Å²) in [4.78, 5) is 40.0. The lowest BCUT2D eigenvalue weighted by Crippen LogP contribution is -2.47. The first-order valence-electron chi connectivity index (χ1n) is 11.2. The first-order valence-corrected chi connectivity index (χ1v) is 11.2. The van der Waals surface area contributed by atoms with E-state index in [0.717, 1.165) is 24.1 Å². The van der Waals surface area contributed by atoms with Crippen molar-refractivity contribution in [3.63, 3.8) is 0 Å². The van der Waals surface area contributed by atoms with Crippen LogP contribution in [-0.4, -0.2) is 47.0 Å². The maximum Gasteiger partial charge on any atom is 0.263 e. The van der Waals surface area contributed by atoms with Gasteiger partial charge in [-0.25, -0.2) is 0 Å². The topological polar surface area (TPSA) is 83.4 Å². The van der Waals surface area contributed by atoms with Gasteiger partial charge in [-0.1, -0.05) is 48.5 Å². The van der Waals surface area contributed by atoms with E-state index in [1.54, 1.807) is 22.9 Å². The second kappa shape index (κ2) is 10.7. The Morgan fingerprint density at radius 3 is 2.24 bits per heavy atom. The number of carbonyl (C=O) groups is 2. The molecule has 1 aromatic heterocycles. The van der Waals surface area contributed by atoms with E-state index in [2.05, 4.69) is 15.5 Å². The predicted molar refractivity (Wildman–Crippen MR) is 128 cm³/mol. The highest BCUT2D eigenvalue weighted by Crippen LogP contribution is 2.12. The molecule has 2 aromatic carbocycles. The van der Waals surface area contributed by atoms with Crippen LogP contribution in [0.2, 0.25) is 0 Å². The van der Waals surface area contributed by atoms with Crippen molar-refractivity contribution in [2.75, 3.05) is 25.0 Å². The van der Waals surface area contributed by atoms with E-state index >= 15 is 0 Å². The van der Waals surface area contributed by atoms with Crippen LogP contribution >= 0.6 is 0 Å². The maximum absolute atomic E-state index is 12.8. The summed E-state index contributed by atoms with van der Waals surface area (Å²) in [5.41, 5.74) is 1.64. The average molecular weight is 445 g/mol. The van der Waals surface area contributed by atoms with E-state index < -0.39 is 0 Å². The van der Waals surface area contributed by atoms with Crippen molar-refractivity contribution in [3.8, 4) is 0 Å². The molecule has 0 aliphatic carbocycles. The van der Waals surface area contributed by atoms with Crippen molar-refractivity contribution < 1.29 is 9.59 Å². The van der Waals surface area contributed by atoms with Gasteiger partial charge in [-0.05, 0) is 42.7 Å². The van der Waals surface area contributed by atoms with E-state index in [1.165, 1.54) is 0 Å². The SMILES string of the molecule is O=C(CN1CCC(NC(=O)c2cccn(Cc3ccccc3)c2=O)CC1)Nc1ccccc1. The van der Waals surface area contributed by atoms with Gasteiger partial charge in [0.1, 0.15) is 5.56 Å². The Labute approximate surface area is 193 Å². The molecule has 33 heavy (non-hydrogen) atoms. The minimum atomic E-state index is -0.345. The van der Waals surface area contributed by atoms with Crippen molar-refractivity contribution in [1.82, 2.24) is 14.8 Å². The van der Waals surface area contributed by atoms with Crippen LogP contribution in [0.1, 0.15) is 28.8 Å². The van der Waals surface area contributed by atoms with Crippen molar-refractivity contribution in [1.29, 1.82) is 0 Å². The van der Waals surface area contributed by atoms with Gasteiger partial charge in [0, 0.05) is 31.0 Å². The van der Waals surface area contributed by atoms with Crippen LogP contribution in [0.3, 0.4) is 0 Å². The molecule has 1 saturated heterocycles. The van der Waals surface area contributed by atoms with Crippen molar-refractivity contribution in [2.45, 2.75) is 25.4 Å². The standard InChI is InChI=1S/C26H28N4O3/c31-24(27-21-10-5-2-6-11-21)19-29-16-13-22(14-17-29)28-25(32)23-12-7-15-30(26(23)33)18-20-8-3-1-4-9-20/h1-12,15,22H,13-14,16-19H2,(H,27,31)(H,28,32). The largest absolute Gasteiger partial charge is 0.349 e. The van der Waals surface area contributed by atoms with E-state index in [1.807, 2.05) is 60.7 Å². The summed E-state index contributed by atoms with van der Waals surface area (Å²) in [7, 11) is 0. The number of likely N-dealkylation sites (tertiary alicyclic amines) is 1. The third-order valence-electron chi connectivity index (χ3n) is 5.81. The molecule has 7 heteroatoms. The number of pyridine rings is 1. The zero-order chi connectivity index (χ0) is 23.0. The molecule has 0 saturated carbocycles. The fourth-order valence-electron chi connectivity index (χ4n) is 4.04. The molecule has 4 rings (SSSR count). The molecule has 0 radical (unpaired) electrons. The van der Waals surface area contributed by atoms with Gasteiger partial charge in [-0.3, -0.25) is 19.3 Å². The Morgan fingerprint density at radius 1 is 0.879 bits per heavy atom. The number of hydrogen-bond acceptors (Lipinski definition) is 4. The van der Waals surface area contributed by atoms with E-state index in [4.69, 9.17) is 0 Å². The Kier molecular flexibility index (Phi) is 7.32. The molecule has 1 aliphatic rings. The van der Waals surface area contributed by atoms with Crippen molar-refractivity contribution >= 4 is 17.5 Å². The number of aromatic nitrogens is 1. The summed E-state index contributed by atoms with van der Waals surface area (Å²) in [5, 5.41) is 5.90. The molecular weight excluding hydrogens is 416 g/mol. The molecule has 7 nitrogen and oxygen atoms in total.